The van der Waals surface area contributed by atoms with Crippen LogP contribution in [0.1, 0.15) is 25.0 Å². The average molecular weight is 271 g/mol. The van der Waals surface area contributed by atoms with E-state index in [0.717, 1.165) is 23.3 Å². The van der Waals surface area contributed by atoms with E-state index in [0.29, 0.717) is 13.0 Å². The quantitative estimate of drug-likeness (QED) is 0.822. The summed E-state index contributed by atoms with van der Waals surface area (Å²) in [6.45, 7) is 4.14. The molecule has 102 valence electrons. The molecule has 0 aliphatic rings. The van der Waals surface area contributed by atoms with Gasteiger partial charge in [0, 0.05) is 6.54 Å². The van der Waals surface area contributed by atoms with Crippen molar-refractivity contribution >= 4 is 10.0 Å². The Morgan fingerprint density at radius 1 is 1.28 bits per heavy atom. The highest BCUT2D eigenvalue weighted by atomic mass is 32.2. The van der Waals surface area contributed by atoms with E-state index < -0.39 is 10.0 Å². The molecular formula is C13H21NO3S. The molecule has 1 rings (SSSR count). The van der Waals surface area contributed by atoms with Gasteiger partial charge in [-0.15, -0.1) is 0 Å². The molecule has 0 aliphatic carbocycles. The van der Waals surface area contributed by atoms with Gasteiger partial charge in [0.2, 0.25) is 10.0 Å². The summed E-state index contributed by atoms with van der Waals surface area (Å²) in [5.41, 5.74) is 2.26. The Bertz CT molecular complexity index is 483. The van der Waals surface area contributed by atoms with Gasteiger partial charge in [0.15, 0.2) is 0 Å². The topological polar surface area (TPSA) is 55.4 Å². The van der Waals surface area contributed by atoms with E-state index in [-0.39, 0.29) is 5.75 Å². The minimum atomic E-state index is -3.09. The first-order valence-electron chi connectivity index (χ1n) is 6.15. The normalized spacial score (nSPS) is 11.5. The summed E-state index contributed by atoms with van der Waals surface area (Å²) >= 11 is 0. The summed E-state index contributed by atoms with van der Waals surface area (Å²) in [5, 5.41) is 0. The number of hydrogen-bond acceptors (Lipinski definition) is 3. The summed E-state index contributed by atoms with van der Waals surface area (Å²) in [7, 11) is -1.44. The molecule has 0 aliphatic heterocycles. The Morgan fingerprint density at radius 3 is 2.56 bits per heavy atom. The highest BCUT2D eigenvalue weighted by molar-refractivity contribution is 7.89. The van der Waals surface area contributed by atoms with Gasteiger partial charge in [-0.2, -0.15) is 0 Å². The van der Waals surface area contributed by atoms with Gasteiger partial charge >= 0.3 is 0 Å². The number of hydrogen-bond donors (Lipinski definition) is 1. The van der Waals surface area contributed by atoms with Crippen LogP contribution in [0.3, 0.4) is 0 Å². The molecule has 18 heavy (non-hydrogen) atoms. The van der Waals surface area contributed by atoms with Gasteiger partial charge in [-0.3, -0.25) is 0 Å². The fourth-order valence-electron chi connectivity index (χ4n) is 1.72. The molecule has 0 saturated carbocycles. The van der Waals surface area contributed by atoms with Crippen molar-refractivity contribution < 1.29 is 13.2 Å². The van der Waals surface area contributed by atoms with E-state index in [4.69, 9.17) is 4.74 Å². The number of ether oxygens (including phenoxy) is 1. The largest absolute Gasteiger partial charge is 0.496 e. The second-order valence-corrected chi connectivity index (χ2v) is 6.14. The summed E-state index contributed by atoms with van der Waals surface area (Å²) in [6, 6.07) is 5.97. The number of nitrogens with one attached hydrogen (secondary N) is 1. The van der Waals surface area contributed by atoms with Crippen LogP contribution in [0.5, 0.6) is 5.75 Å². The summed E-state index contributed by atoms with van der Waals surface area (Å²) in [6.07, 6.45) is 1.59. The van der Waals surface area contributed by atoms with Gasteiger partial charge < -0.3 is 4.74 Å². The summed E-state index contributed by atoms with van der Waals surface area (Å²) < 4.78 is 30.4. The molecule has 0 saturated heterocycles. The molecule has 0 unspecified atom stereocenters. The third-order valence-electron chi connectivity index (χ3n) is 2.84. The second kappa shape index (κ2) is 6.75. The van der Waals surface area contributed by atoms with E-state index >= 15 is 0 Å². The van der Waals surface area contributed by atoms with Crippen LogP contribution in [0, 0.1) is 0 Å². The number of rotatable bonds is 7. The molecule has 0 spiro atoms. The van der Waals surface area contributed by atoms with Crippen molar-refractivity contribution in [3.63, 3.8) is 0 Å². The first-order chi connectivity index (χ1) is 8.52. The third-order valence-corrected chi connectivity index (χ3v) is 4.25. The molecule has 5 heteroatoms. The molecule has 0 aromatic heterocycles. The van der Waals surface area contributed by atoms with Crippen molar-refractivity contribution in [3.8, 4) is 5.75 Å². The number of sulfonamides is 1. The lowest BCUT2D eigenvalue weighted by Gasteiger charge is -2.09. The maximum atomic E-state index is 11.3. The lowest BCUT2D eigenvalue weighted by atomic mass is 10.1. The zero-order chi connectivity index (χ0) is 13.6. The molecule has 0 heterocycles. The number of aryl methyl sites for hydroxylation is 1. The molecule has 1 aromatic rings. The molecule has 1 N–H and O–H groups in total. The fraction of sp³-hybridized carbons (Fsp3) is 0.538. The smallest absolute Gasteiger partial charge is 0.211 e. The van der Waals surface area contributed by atoms with Crippen LogP contribution < -0.4 is 9.46 Å². The van der Waals surface area contributed by atoms with E-state index in [1.807, 2.05) is 12.1 Å². The van der Waals surface area contributed by atoms with Crippen LogP contribution in [-0.4, -0.2) is 27.8 Å². The van der Waals surface area contributed by atoms with E-state index in [1.165, 1.54) is 0 Å². The van der Waals surface area contributed by atoms with Gasteiger partial charge in [0.25, 0.3) is 0 Å². The first-order valence-corrected chi connectivity index (χ1v) is 7.80. The molecule has 0 atom stereocenters. The second-order valence-electron chi connectivity index (χ2n) is 4.05. The van der Waals surface area contributed by atoms with Crippen LogP contribution >= 0.6 is 0 Å². The molecule has 0 amide bonds. The standard InChI is InChI=1S/C13H21NO3S/c1-4-12-10-11(6-7-13(12)17-3)8-9-14-18(15,16)5-2/h6-7,10,14H,4-5,8-9H2,1-3H3. The Balaban J connectivity index is 2.63. The molecule has 0 radical (unpaired) electrons. The molecule has 0 bridgehead atoms. The average Bonchev–Trinajstić information content (AvgIpc) is 2.38. The lowest BCUT2D eigenvalue weighted by Crippen LogP contribution is -2.27. The molecular weight excluding hydrogens is 250 g/mol. The lowest BCUT2D eigenvalue weighted by molar-refractivity contribution is 0.410. The van der Waals surface area contributed by atoms with Crippen LogP contribution in [0.15, 0.2) is 18.2 Å². The maximum Gasteiger partial charge on any atom is 0.211 e. The SMILES string of the molecule is CCc1cc(CCNS(=O)(=O)CC)ccc1OC. The minimum absolute atomic E-state index is 0.121. The van der Waals surface area contributed by atoms with E-state index in [2.05, 4.69) is 17.7 Å². The van der Waals surface area contributed by atoms with Crippen molar-refractivity contribution in [2.75, 3.05) is 19.4 Å². The number of methoxy groups -OCH3 is 1. The zero-order valence-electron chi connectivity index (χ0n) is 11.2. The van der Waals surface area contributed by atoms with Gasteiger partial charge in [-0.1, -0.05) is 19.1 Å². The maximum absolute atomic E-state index is 11.3. The van der Waals surface area contributed by atoms with Gasteiger partial charge in [-0.25, -0.2) is 13.1 Å². The predicted octanol–water partition coefficient (Wildman–Crippen LogP) is 1.74. The molecule has 4 nitrogen and oxygen atoms in total. The minimum Gasteiger partial charge on any atom is -0.496 e. The first kappa shape index (κ1) is 15.0. The van der Waals surface area contributed by atoms with Gasteiger partial charge in [0.05, 0.1) is 12.9 Å². The van der Waals surface area contributed by atoms with Crippen molar-refractivity contribution in [2.45, 2.75) is 26.7 Å². The monoisotopic (exact) mass is 271 g/mol. The number of benzene rings is 1. The van der Waals surface area contributed by atoms with Crippen molar-refractivity contribution in [1.82, 2.24) is 4.72 Å². The zero-order valence-corrected chi connectivity index (χ0v) is 12.0. The van der Waals surface area contributed by atoms with Gasteiger partial charge in [0.1, 0.15) is 5.75 Å². The predicted molar refractivity (Wildman–Crippen MR) is 73.5 cm³/mol. The van der Waals surface area contributed by atoms with Crippen LogP contribution in [0.2, 0.25) is 0 Å². The Kier molecular flexibility index (Phi) is 5.62. The summed E-state index contributed by atoms with van der Waals surface area (Å²) in [4.78, 5) is 0. The van der Waals surface area contributed by atoms with E-state index in [9.17, 15) is 8.42 Å². The fourth-order valence-corrected chi connectivity index (χ4v) is 2.33. The Morgan fingerprint density at radius 2 is 2.00 bits per heavy atom. The van der Waals surface area contributed by atoms with Crippen molar-refractivity contribution in [3.05, 3.63) is 29.3 Å². The van der Waals surface area contributed by atoms with Crippen LogP contribution in [0.25, 0.3) is 0 Å². The van der Waals surface area contributed by atoms with Crippen LogP contribution in [-0.2, 0) is 22.9 Å². The summed E-state index contributed by atoms with van der Waals surface area (Å²) in [5.74, 6) is 1.01. The van der Waals surface area contributed by atoms with Crippen molar-refractivity contribution in [2.24, 2.45) is 0 Å². The highest BCUT2D eigenvalue weighted by Gasteiger charge is 2.06. The third kappa shape index (κ3) is 4.31. The Labute approximate surface area is 109 Å². The molecule has 0 fully saturated rings. The van der Waals surface area contributed by atoms with Crippen molar-refractivity contribution in [1.29, 1.82) is 0 Å². The van der Waals surface area contributed by atoms with Gasteiger partial charge in [-0.05, 0) is 37.0 Å². The molecule has 1 aromatic carbocycles. The van der Waals surface area contributed by atoms with Crippen LogP contribution in [0.4, 0.5) is 0 Å². The van der Waals surface area contributed by atoms with E-state index in [1.54, 1.807) is 14.0 Å². The Hall–Kier alpha value is -1.07. The highest BCUT2D eigenvalue weighted by Crippen LogP contribution is 2.20.